The van der Waals surface area contributed by atoms with E-state index in [-0.39, 0.29) is 18.1 Å². The van der Waals surface area contributed by atoms with Crippen molar-refractivity contribution < 1.29 is 13.9 Å². The predicted molar refractivity (Wildman–Crippen MR) is 172 cm³/mol. The number of carbonyl (C=O) groups excluding carboxylic acids is 1. The summed E-state index contributed by atoms with van der Waals surface area (Å²) in [7, 11) is 0. The van der Waals surface area contributed by atoms with E-state index in [0.29, 0.717) is 44.6 Å². The molecule has 2 heterocycles. The van der Waals surface area contributed by atoms with Crippen LogP contribution in [0.3, 0.4) is 0 Å². The van der Waals surface area contributed by atoms with Gasteiger partial charge in [0.15, 0.2) is 0 Å². The van der Waals surface area contributed by atoms with Gasteiger partial charge in [0.05, 0.1) is 10.6 Å². The summed E-state index contributed by atoms with van der Waals surface area (Å²) in [5.74, 6) is 1.12. The summed E-state index contributed by atoms with van der Waals surface area (Å²) in [5, 5.41) is 12.1. The fraction of sp³-hybridized carbons (Fsp3) is 0.147. The fourth-order valence-corrected chi connectivity index (χ4v) is 6.01. The molecular formula is C34H29ClFN5O2S. The Morgan fingerprint density at radius 1 is 1.02 bits per heavy atom. The van der Waals surface area contributed by atoms with E-state index in [4.69, 9.17) is 26.4 Å². The average molecular weight is 626 g/mol. The predicted octanol–water partition coefficient (Wildman–Crippen LogP) is 8.18. The zero-order valence-corrected chi connectivity index (χ0v) is 25.6. The van der Waals surface area contributed by atoms with Crippen molar-refractivity contribution >= 4 is 40.9 Å². The number of anilines is 2. The number of halogens is 2. The van der Waals surface area contributed by atoms with Crippen LogP contribution in [0.1, 0.15) is 35.2 Å². The third-order valence-electron chi connectivity index (χ3n) is 7.21. The number of nitrogens with zero attached hydrogens (tertiary/aromatic N) is 3. The smallest absolute Gasteiger partial charge is 0.255 e. The van der Waals surface area contributed by atoms with Crippen molar-refractivity contribution in [1.82, 2.24) is 14.8 Å². The maximum atomic E-state index is 14.3. The Labute approximate surface area is 264 Å². The maximum absolute atomic E-state index is 14.3. The molecule has 1 aliphatic heterocycles. The standard InChI is InChI=1S/C34H29ClFN5O2S/c1-21-8-6-11-25(18-21)38-32(42)30-22(2)37-33-39-34(44-20-23-9-4-3-5-10-23)40-41(33)31(30)24-14-16-26(17-15-24)43-19-27-28(35)12-7-13-29(27)36/h3-18,31H,19-20H2,1-2H3,(H,38,42)(H,37,39,40). The van der Waals surface area contributed by atoms with Gasteiger partial charge in [-0.3, -0.25) is 4.79 Å². The van der Waals surface area contributed by atoms with E-state index in [1.165, 1.54) is 17.8 Å². The molecule has 1 aromatic heterocycles. The summed E-state index contributed by atoms with van der Waals surface area (Å²) in [4.78, 5) is 18.6. The molecule has 1 aliphatic rings. The Bertz CT molecular complexity index is 1820. The molecule has 1 amide bonds. The lowest BCUT2D eigenvalue weighted by atomic mass is 9.95. The van der Waals surface area contributed by atoms with Gasteiger partial charge >= 0.3 is 0 Å². The van der Waals surface area contributed by atoms with Crippen LogP contribution >= 0.6 is 23.4 Å². The zero-order chi connectivity index (χ0) is 30.6. The van der Waals surface area contributed by atoms with Crippen molar-refractivity contribution in [3.63, 3.8) is 0 Å². The number of ether oxygens (including phenoxy) is 1. The van der Waals surface area contributed by atoms with Gasteiger partial charge in [0.25, 0.3) is 5.91 Å². The molecule has 0 spiro atoms. The van der Waals surface area contributed by atoms with Crippen LogP contribution in [-0.4, -0.2) is 20.7 Å². The molecule has 0 radical (unpaired) electrons. The van der Waals surface area contributed by atoms with E-state index in [0.717, 1.165) is 16.7 Å². The molecule has 0 saturated heterocycles. The number of amides is 1. The number of aryl methyl sites for hydroxylation is 1. The van der Waals surface area contributed by atoms with E-state index in [9.17, 15) is 9.18 Å². The highest BCUT2D eigenvalue weighted by molar-refractivity contribution is 7.98. The van der Waals surface area contributed by atoms with E-state index in [1.54, 1.807) is 28.9 Å². The first-order valence-corrected chi connectivity index (χ1v) is 15.4. The van der Waals surface area contributed by atoms with Crippen molar-refractivity contribution in [3.05, 3.63) is 141 Å². The van der Waals surface area contributed by atoms with Crippen molar-refractivity contribution in [2.75, 3.05) is 10.6 Å². The molecule has 2 N–H and O–H groups in total. The summed E-state index contributed by atoms with van der Waals surface area (Å²) in [6, 6.07) is 29.1. The third-order valence-corrected chi connectivity index (χ3v) is 8.47. The molecule has 4 aromatic carbocycles. The van der Waals surface area contributed by atoms with Gasteiger partial charge in [0.1, 0.15) is 24.2 Å². The monoisotopic (exact) mass is 625 g/mol. The van der Waals surface area contributed by atoms with Crippen LogP contribution in [0.2, 0.25) is 5.02 Å². The van der Waals surface area contributed by atoms with Crippen LogP contribution in [-0.2, 0) is 17.2 Å². The number of thioether (sulfide) groups is 1. The van der Waals surface area contributed by atoms with E-state index < -0.39 is 11.9 Å². The van der Waals surface area contributed by atoms with Gasteiger partial charge in [-0.05, 0) is 66.9 Å². The lowest BCUT2D eigenvalue weighted by Gasteiger charge is -2.28. The molecule has 44 heavy (non-hydrogen) atoms. The highest BCUT2D eigenvalue weighted by Gasteiger charge is 2.34. The van der Waals surface area contributed by atoms with E-state index >= 15 is 0 Å². The molecule has 222 valence electrons. The molecule has 5 aromatic rings. The summed E-state index contributed by atoms with van der Waals surface area (Å²) < 4.78 is 21.9. The Morgan fingerprint density at radius 2 is 1.80 bits per heavy atom. The summed E-state index contributed by atoms with van der Waals surface area (Å²) in [5.41, 5.74) is 5.19. The van der Waals surface area contributed by atoms with Gasteiger partial charge in [0.2, 0.25) is 11.1 Å². The second-order valence-electron chi connectivity index (χ2n) is 10.4. The summed E-state index contributed by atoms with van der Waals surface area (Å²) in [6.45, 7) is 3.82. The topological polar surface area (TPSA) is 81.1 Å². The number of nitrogens with one attached hydrogen (secondary N) is 2. The minimum Gasteiger partial charge on any atom is -0.489 e. The van der Waals surface area contributed by atoms with Gasteiger partial charge in [-0.25, -0.2) is 9.07 Å². The molecule has 7 nitrogen and oxygen atoms in total. The number of aromatic nitrogens is 3. The minimum absolute atomic E-state index is 0.0173. The number of allylic oxidation sites excluding steroid dienone is 1. The lowest BCUT2D eigenvalue weighted by molar-refractivity contribution is -0.113. The van der Waals surface area contributed by atoms with Gasteiger partial charge in [-0.2, -0.15) is 4.98 Å². The number of benzene rings is 4. The van der Waals surface area contributed by atoms with Crippen LogP contribution in [0.5, 0.6) is 5.75 Å². The van der Waals surface area contributed by atoms with Crippen molar-refractivity contribution in [3.8, 4) is 5.75 Å². The van der Waals surface area contributed by atoms with Crippen LogP contribution < -0.4 is 15.4 Å². The Hall–Kier alpha value is -4.60. The summed E-state index contributed by atoms with van der Waals surface area (Å²) in [6.07, 6.45) is 0. The second kappa shape index (κ2) is 13.0. The van der Waals surface area contributed by atoms with Gasteiger partial charge in [0, 0.05) is 22.7 Å². The first-order valence-electron chi connectivity index (χ1n) is 14.0. The minimum atomic E-state index is -0.565. The number of hydrogen-bond acceptors (Lipinski definition) is 6. The van der Waals surface area contributed by atoms with Gasteiger partial charge < -0.3 is 15.4 Å². The SMILES string of the molecule is CC1=C(C(=O)Nc2cccc(C)c2)C(c2ccc(OCc3c(F)cccc3Cl)cc2)n2nc(SCc3ccccc3)nc2N1. The fourth-order valence-electron chi connectivity index (χ4n) is 5.01. The Balaban J connectivity index is 1.30. The highest BCUT2D eigenvalue weighted by atomic mass is 35.5. The molecule has 1 atom stereocenters. The Kier molecular flexibility index (Phi) is 8.67. The number of carbonyl (C=O) groups is 1. The molecule has 6 rings (SSSR count). The van der Waals surface area contributed by atoms with Crippen molar-refractivity contribution in [2.45, 2.75) is 37.4 Å². The lowest BCUT2D eigenvalue weighted by Crippen LogP contribution is -2.31. The normalized spacial score (nSPS) is 14.1. The maximum Gasteiger partial charge on any atom is 0.255 e. The first kappa shape index (κ1) is 29.5. The van der Waals surface area contributed by atoms with E-state index in [1.807, 2.05) is 68.4 Å². The molecule has 0 fully saturated rings. The molecule has 0 saturated carbocycles. The highest BCUT2D eigenvalue weighted by Crippen LogP contribution is 2.38. The van der Waals surface area contributed by atoms with Crippen LogP contribution in [0.4, 0.5) is 16.0 Å². The van der Waals surface area contributed by atoms with Crippen LogP contribution in [0.25, 0.3) is 0 Å². The summed E-state index contributed by atoms with van der Waals surface area (Å²) >= 11 is 7.69. The number of fused-ring (bicyclic) bond motifs is 1. The van der Waals surface area contributed by atoms with Crippen LogP contribution in [0, 0.1) is 12.7 Å². The number of rotatable bonds is 9. The van der Waals surface area contributed by atoms with E-state index in [2.05, 4.69) is 22.8 Å². The average Bonchev–Trinajstić information content (AvgIpc) is 3.42. The third kappa shape index (κ3) is 6.49. The quantitative estimate of drug-likeness (QED) is 0.161. The number of hydrogen-bond donors (Lipinski definition) is 2. The van der Waals surface area contributed by atoms with Crippen molar-refractivity contribution in [1.29, 1.82) is 0 Å². The largest absolute Gasteiger partial charge is 0.489 e. The molecule has 0 bridgehead atoms. The molecule has 0 aliphatic carbocycles. The molecule has 1 unspecified atom stereocenters. The molecular weight excluding hydrogens is 597 g/mol. The Morgan fingerprint density at radius 3 is 2.55 bits per heavy atom. The van der Waals surface area contributed by atoms with Crippen LogP contribution in [0.15, 0.2) is 113 Å². The second-order valence-corrected chi connectivity index (χ2v) is 11.7. The molecule has 10 heteroatoms. The van der Waals surface area contributed by atoms with Crippen molar-refractivity contribution in [2.24, 2.45) is 0 Å². The van der Waals surface area contributed by atoms with Gasteiger partial charge in [-0.15, -0.1) is 5.10 Å². The first-order chi connectivity index (χ1) is 21.4. The van der Waals surface area contributed by atoms with Gasteiger partial charge in [-0.1, -0.05) is 84.0 Å². The zero-order valence-electron chi connectivity index (χ0n) is 24.1.